The third kappa shape index (κ3) is 3.65. The topological polar surface area (TPSA) is 53.4 Å². The monoisotopic (exact) mass is 324 g/mol. The minimum absolute atomic E-state index is 0.0897. The molecule has 0 spiro atoms. The molecule has 1 saturated heterocycles. The fourth-order valence-electron chi connectivity index (χ4n) is 3.42. The van der Waals surface area contributed by atoms with E-state index in [1.807, 2.05) is 24.4 Å². The van der Waals surface area contributed by atoms with Crippen molar-refractivity contribution in [2.75, 3.05) is 13.1 Å². The van der Waals surface area contributed by atoms with Crippen LogP contribution in [0.25, 0.3) is 0 Å². The minimum Gasteiger partial charge on any atom is -0.481 e. The van der Waals surface area contributed by atoms with Crippen LogP contribution >= 0.6 is 0 Å². The molecular formula is C20H24N2O2. The van der Waals surface area contributed by atoms with Crippen LogP contribution < -0.4 is 0 Å². The second kappa shape index (κ2) is 7.58. The number of pyridine rings is 1. The number of carboxylic acid groups (broad SMARTS) is 1. The van der Waals surface area contributed by atoms with Crippen LogP contribution in [0.4, 0.5) is 0 Å². The Hall–Kier alpha value is -2.20. The first kappa shape index (κ1) is 16.7. The number of nitrogens with zero attached hydrogens (tertiary/aromatic N) is 2. The van der Waals surface area contributed by atoms with Gasteiger partial charge in [-0.05, 0) is 49.5 Å². The smallest absolute Gasteiger partial charge is 0.306 e. The summed E-state index contributed by atoms with van der Waals surface area (Å²) in [5.41, 5.74) is 3.48. The standard InChI is InChI=1S/C20H24N2O2/c1-2-15-8-9-18(21-14-15)19(16-6-4-3-5-7-16)22-12-10-17(11-13-22)20(23)24/h3-9,14,17,19H,2,10-13H2,1H3,(H,23,24). The van der Waals surface area contributed by atoms with E-state index in [1.54, 1.807) is 0 Å². The van der Waals surface area contributed by atoms with Crippen LogP contribution in [0.15, 0.2) is 48.7 Å². The van der Waals surface area contributed by atoms with Crippen molar-refractivity contribution in [3.8, 4) is 0 Å². The Kier molecular flexibility index (Phi) is 5.26. The van der Waals surface area contributed by atoms with Gasteiger partial charge in [0.15, 0.2) is 0 Å². The van der Waals surface area contributed by atoms with E-state index in [1.165, 1.54) is 11.1 Å². The van der Waals surface area contributed by atoms with Gasteiger partial charge in [-0.2, -0.15) is 0 Å². The van der Waals surface area contributed by atoms with Gasteiger partial charge in [-0.1, -0.05) is 43.3 Å². The first-order valence-corrected chi connectivity index (χ1v) is 8.65. The first-order chi connectivity index (χ1) is 11.7. The van der Waals surface area contributed by atoms with Gasteiger partial charge in [-0.3, -0.25) is 14.7 Å². The molecule has 126 valence electrons. The highest BCUT2D eigenvalue weighted by Crippen LogP contribution is 2.31. The molecule has 0 radical (unpaired) electrons. The van der Waals surface area contributed by atoms with Gasteiger partial charge >= 0.3 is 5.97 Å². The second-order valence-electron chi connectivity index (χ2n) is 6.41. The lowest BCUT2D eigenvalue weighted by atomic mass is 9.93. The van der Waals surface area contributed by atoms with E-state index in [2.05, 4.69) is 36.1 Å². The third-order valence-electron chi connectivity index (χ3n) is 4.90. The largest absolute Gasteiger partial charge is 0.481 e. The van der Waals surface area contributed by atoms with Crippen molar-refractivity contribution in [3.05, 3.63) is 65.5 Å². The predicted octanol–water partition coefficient (Wildman–Crippen LogP) is 3.53. The average Bonchev–Trinajstić information content (AvgIpc) is 2.64. The fraction of sp³-hybridized carbons (Fsp3) is 0.400. The van der Waals surface area contributed by atoms with Crippen LogP contribution in [0.2, 0.25) is 0 Å². The second-order valence-corrected chi connectivity index (χ2v) is 6.41. The number of aryl methyl sites for hydroxylation is 1. The van der Waals surface area contributed by atoms with Crippen molar-refractivity contribution < 1.29 is 9.90 Å². The molecule has 4 heteroatoms. The Morgan fingerprint density at radius 1 is 1.21 bits per heavy atom. The highest BCUT2D eigenvalue weighted by atomic mass is 16.4. The lowest BCUT2D eigenvalue weighted by Gasteiger charge is -2.36. The van der Waals surface area contributed by atoms with Crippen LogP contribution in [0.5, 0.6) is 0 Å². The molecule has 0 amide bonds. The van der Waals surface area contributed by atoms with Gasteiger partial charge in [0.2, 0.25) is 0 Å². The molecule has 3 rings (SSSR count). The van der Waals surface area contributed by atoms with Crippen LogP contribution in [-0.4, -0.2) is 34.0 Å². The van der Waals surface area contributed by atoms with Gasteiger partial charge in [0.1, 0.15) is 0 Å². The highest BCUT2D eigenvalue weighted by Gasteiger charge is 2.30. The molecule has 1 aliphatic rings. The van der Waals surface area contributed by atoms with Gasteiger partial charge in [0.25, 0.3) is 0 Å². The summed E-state index contributed by atoms with van der Waals surface area (Å²) in [7, 11) is 0. The number of aliphatic carboxylic acids is 1. The van der Waals surface area contributed by atoms with E-state index in [0.717, 1.165) is 25.2 Å². The lowest BCUT2D eigenvalue weighted by Crippen LogP contribution is -2.39. The highest BCUT2D eigenvalue weighted by molar-refractivity contribution is 5.70. The molecule has 0 bridgehead atoms. The number of hydrogen-bond acceptors (Lipinski definition) is 3. The Labute approximate surface area is 143 Å². The van der Waals surface area contributed by atoms with Crippen molar-refractivity contribution in [2.24, 2.45) is 5.92 Å². The minimum atomic E-state index is -0.670. The average molecular weight is 324 g/mol. The zero-order valence-electron chi connectivity index (χ0n) is 14.1. The van der Waals surface area contributed by atoms with Crippen molar-refractivity contribution in [1.82, 2.24) is 9.88 Å². The third-order valence-corrected chi connectivity index (χ3v) is 4.90. The van der Waals surface area contributed by atoms with E-state index in [4.69, 9.17) is 4.98 Å². The molecule has 1 aliphatic heterocycles. The maximum atomic E-state index is 11.2. The summed E-state index contributed by atoms with van der Waals surface area (Å²) in [6, 6.07) is 14.7. The summed E-state index contributed by atoms with van der Waals surface area (Å²) in [6.45, 7) is 3.70. The number of hydrogen-bond donors (Lipinski definition) is 1. The van der Waals surface area contributed by atoms with Gasteiger partial charge in [-0.15, -0.1) is 0 Å². The normalized spacial score (nSPS) is 17.5. The Morgan fingerprint density at radius 2 is 1.92 bits per heavy atom. The number of piperidine rings is 1. The zero-order chi connectivity index (χ0) is 16.9. The molecule has 0 aliphatic carbocycles. The Balaban J connectivity index is 1.87. The van der Waals surface area contributed by atoms with E-state index in [0.29, 0.717) is 12.8 Å². The molecule has 1 unspecified atom stereocenters. The molecule has 0 saturated carbocycles. The van der Waals surface area contributed by atoms with Crippen molar-refractivity contribution >= 4 is 5.97 Å². The Bertz CT molecular complexity index is 662. The molecular weight excluding hydrogens is 300 g/mol. The summed E-state index contributed by atoms with van der Waals surface area (Å²) in [6.07, 6.45) is 4.33. The zero-order valence-corrected chi connectivity index (χ0v) is 14.1. The maximum absolute atomic E-state index is 11.2. The van der Waals surface area contributed by atoms with Gasteiger partial charge < -0.3 is 5.11 Å². The molecule has 2 aromatic rings. The van der Waals surface area contributed by atoms with E-state index >= 15 is 0 Å². The van der Waals surface area contributed by atoms with Crippen LogP contribution in [0, 0.1) is 5.92 Å². The quantitative estimate of drug-likeness (QED) is 0.914. The summed E-state index contributed by atoms with van der Waals surface area (Å²) in [5.74, 6) is -0.885. The summed E-state index contributed by atoms with van der Waals surface area (Å²) < 4.78 is 0. The molecule has 1 N–H and O–H groups in total. The number of carboxylic acids is 1. The molecule has 1 aromatic heterocycles. The van der Waals surface area contributed by atoms with Crippen LogP contribution in [0.1, 0.15) is 42.6 Å². The molecule has 1 atom stereocenters. The summed E-state index contributed by atoms with van der Waals surface area (Å²) in [4.78, 5) is 18.3. The summed E-state index contributed by atoms with van der Waals surface area (Å²) in [5, 5.41) is 9.22. The predicted molar refractivity (Wildman–Crippen MR) is 93.8 cm³/mol. The number of likely N-dealkylation sites (tertiary alicyclic amines) is 1. The lowest BCUT2D eigenvalue weighted by molar-refractivity contribution is -0.143. The number of rotatable bonds is 5. The maximum Gasteiger partial charge on any atom is 0.306 e. The Morgan fingerprint density at radius 3 is 2.46 bits per heavy atom. The van der Waals surface area contributed by atoms with E-state index in [9.17, 15) is 9.90 Å². The van der Waals surface area contributed by atoms with E-state index in [-0.39, 0.29) is 12.0 Å². The van der Waals surface area contributed by atoms with Gasteiger partial charge in [-0.25, -0.2) is 0 Å². The number of benzene rings is 1. The number of carbonyl (C=O) groups is 1. The van der Waals surface area contributed by atoms with Crippen LogP contribution in [-0.2, 0) is 11.2 Å². The molecule has 4 nitrogen and oxygen atoms in total. The molecule has 1 fully saturated rings. The van der Waals surface area contributed by atoms with Crippen molar-refractivity contribution in [3.63, 3.8) is 0 Å². The SMILES string of the molecule is CCc1ccc(C(c2ccccc2)N2CCC(C(=O)O)CC2)nc1. The van der Waals surface area contributed by atoms with E-state index < -0.39 is 5.97 Å². The molecule has 1 aromatic carbocycles. The summed E-state index contributed by atoms with van der Waals surface area (Å²) >= 11 is 0. The van der Waals surface area contributed by atoms with Gasteiger partial charge in [0.05, 0.1) is 17.7 Å². The van der Waals surface area contributed by atoms with Gasteiger partial charge in [0, 0.05) is 6.20 Å². The first-order valence-electron chi connectivity index (χ1n) is 8.65. The fourth-order valence-corrected chi connectivity index (χ4v) is 3.42. The van der Waals surface area contributed by atoms with Crippen LogP contribution in [0.3, 0.4) is 0 Å². The molecule has 2 heterocycles. The number of aromatic nitrogens is 1. The van der Waals surface area contributed by atoms with Crippen molar-refractivity contribution in [2.45, 2.75) is 32.2 Å². The molecule has 24 heavy (non-hydrogen) atoms. The van der Waals surface area contributed by atoms with Crippen molar-refractivity contribution in [1.29, 1.82) is 0 Å².